The first-order valence-electron chi connectivity index (χ1n) is 3.35. The summed E-state index contributed by atoms with van der Waals surface area (Å²) < 4.78 is 17.4. The predicted molar refractivity (Wildman–Crippen MR) is 41.5 cm³/mol. The van der Waals surface area contributed by atoms with Gasteiger partial charge >= 0.3 is 0 Å². The van der Waals surface area contributed by atoms with Crippen LogP contribution in [0.15, 0.2) is 18.2 Å². The topological polar surface area (TPSA) is 9.23 Å². The van der Waals surface area contributed by atoms with E-state index in [9.17, 15) is 4.39 Å². The minimum atomic E-state index is -0.228. The first-order valence-corrected chi connectivity index (χ1v) is 3.35. The van der Waals surface area contributed by atoms with Gasteiger partial charge in [0, 0.05) is 7.11 Å². The number of ether oxygens (including phenoxy) is 1. The molecule has 1 aromatic rings. The molecule has 0 aliphatic rings. The van der Waals surface area contributed by atoms with Crippen LogP contribution >= 0.6 is 0 Å². The highest BCUT2D eigenvalue weighted by Crippen LogP contribution is 2.09. The second-order valence-corrected chi connectivity index (χ2v) is 2.42. The molecule has 0 saturated heterocycles. The van der Waals surface area contributed by atoms with Gasteiger partial charge in [0.05, 0.1) is 0 Å². The molecule has 1 radical (unpaired) electrons. The van der Waals surface area contributed by atoms with Gasteiger partial charge in [-0.25, -0.2) is 4.39 Å². The zero-order chi connectivity index (χ0) is 8.27. The summed E-state index contributed by atoms with van der Waals surface area (Å²) >= 11 is 0. The predicted octanol–water partition coefficient (Wildman–Crippen LogP) is 2.29. The third kappa shape index (κ3) is 2.31. The quantitative estimate of drug-likeness (QED) is 0.633. The summed E-state index contributed by atoms with van der Waals surface area (Å²) in [5.74, 6) is -0.228. The van der Waals surface area contributed by atoms with Crippen molar-refractivity contribution in [3.8, 4) is 0 Å². The third-order valence-electron chi connectivity index (χ3n) is 1.32. The van der Waals surface area contributed by atoms with E-state index < -0.39 is 0 Å². The molecule has 0 fully saturated rings. The molecule has 0 bridgehead atoms. The van der Waals surface area contributed by atoms with Gasteiger partial charge in [-0.15, -0.1) is 0 Å². The smallest absolute Gasteiger partial charge is 0.123 e. The standard InChI is InChI=1S/C9H10FO/c1-7-3-8(6-11-2)5-9(10)4-7/h3-6H,1-2H3. The molecular formula is C9H10FO. The number of halogens is 1. The minimum absolute atomic E-state index is 0.228. The number of methoxy groups -OCH3 is 1. The van der Waals surface area contributed by atoms with Crippen LogP contribution in [0.25, 0.3) is 0 Å². The van der Waals surface area contributed by atoms with Crippen LogP contribution in [-0.2, 0) is 4.74 Å². The van der Waals surface area contributed by atoms with Gasteiger partial charge in [-0.2, -0.15) is 0 Å². The first-order chi connectivity index (χ1) is 5.22. The zero-order valence-electron chi connectivity index (χ0n) is 6.60. The van der Waals surface area contributed by atoms with Gasteiger partial charge in [-0.1, -0.05) is 6.07 Å². The van der Waals surface area contributed by atoms with E-state index >= 15 is 0 Å². The Labute approximate surface area is 65.8 Å². The Kier molecular flexibility index (Phi) is 2.60. The lowest BCUT2D eigenvalue weighted by atomic mass is 10.1. The molecule has 0 aromatic heterocycles. The molecule has 0 atom stereocenters. The zero-order valence-corrected chi connectivity index (χ0v) is 6.60. The third-order valence-corrected chi connectivity index (χ3v) is 1.32. The van der Waals surface area contributed by atoms with Gasteiger partial charge in [-0.05, 0) is 30.2 Å². The van der Waals surface area contributed by atoms with Crippen LogP contribution in [0.2, 0.25) is 0 Å². The summed E-state index contributed by atoms with van der Waals surface area (Å²) in [5, 5.41) is 0. The van der Waals surface area contributed by atoms with Crippen molar-refractivity contribution in [2.45, 2.75) is 6.92 Å². The van der Waals surface area contributed by atoms with Gasteiger partial charge in [-0.3, -0.25) is 0 Å². The summed E-state index contributed by atoms with van der Waals surface area (Å²) in [5.41, 5.74) is 1.65. The largest absolute Gasteiger partial charge is 0.374 e. The van der Waals surface area contributed by atoms with Gasteiger partial charge in [0.1, 0.15) is 12.4 Å². The Balaban J connectivity index is 2.89. The molecule has 0 N–H and O–H groups in total. The van der Waals surface area contributed by atoms with E-state index in [2.05, 4.69) is 0 Å². The lowest BCUT2D eigenvalue weighted by molar-refractivity contribution is 0.292. The van der Waals surface area contributed by atoms with E-state index in [0.717, 1.165) is 11.1 Å². The van der Waals surface area contributed by atoms with Gasteiger partial charge in [0.2, 0.25) is 0 Å². The Morgan fingerprint density at radius 3 is 2.64 bits per heavy atom. The van der Waals surface area contributed by atoms with Crippen molar-refractivity contribution in [3.63, 3.8) is 0 Å². The fraction of sp³-hybridized carbons (Fsp3) is 0.222. The molecule has 2 heteroatoms. The van der Waals surface area contributed by atoms with E-state index in [1.165, 1.54) is 18.7 Å². The van der Waals surface area contributed by atoms with Crippen LogP contribution in [0, 0.1) is 19.3 Å². The molecule has 0 spiro atoms. The Hall–Kier alpha value is -0.890. The summed E-state index contributed by atoms with van der Waals surface area (Å²) in [6.07, 6.45) is 0. The molecule has 0 unspecified atom stereocenters. The minimum Gasteiger partial charge on any atom is -0.374 e. The van der Waals surface area contributed by atoms with Gasteiger partial charge < -0.3 is 4.74 Å². The Morgan fingerprint density at radius 2 is 2.09 bits per heavy atom. The van der Waals surface area contributed by atoms with E-state index in [0.29, 0.717) is 0 Å². The average molecular weight is 153 g/mol. The molecule has 1 nitrogen and oxygen atoms in total. The number of rotatable bonds is 2. The van der Waals surface area contributed by atoms with Crippen LogP contribution in [-0.4, -0.2) is 7.11 Å². The fourth-order valence-electron chi connectivity index (χ4n) is 0.969. The lowest BCUT2D eigenvalue weighted by Crippen LogP contribution is -1.87. The molecule has 0 aliphatic carbocycles. The van der Waals surface area contributed by atoms with Crippen LogP contribution in [0.5, 0.6) is 0 Å². The molecule has 0 aliphatic heterocycles. The van der Waals surface area contributed by atoms with Gasteiger partial charge in [0.15, 0.2) is 0 Å². The van der Waals surface area contributed by atoms with E-state index in [1.807, 2.05) is 13.0 Å². The highest BCUT2D eigenvalue weighted by molar-refractivity contribution is 5.27. The first kappa shape index (κ1) is 8.21. The molecule has 0 amide bonds. The van der Waals surface area contributed by atoms with E-state index in [-0.39, 0.29) is 5.82 Å². The van der Waals surface area contributed by atoms with E-state index in [4.69, 9.17) is 4.74 Å². The number of benzene rings is 1. The molecule has 59 valence electrons. The molecular weight excluding hydrogens is 143 g/mol. The van der Waals surface area contributed by atoms with Crippen molar-refractivity contribution in [1.29, 1.82) is 0 Å². The summed E-state index contributed by atoms with van der Waals surface area (Å²) in [6, 6.07) is 4.76. The lowest BCUT2D eigenvalue weighted by Gasteiger charge is -1.99. The van der Waals surface area contributed by atoms with E-state index in [1.54, 1.807) is 7.11 Å². The average Bonchev–Trinajstić information content (AvgIpc) is 1.85. The second-order valence-electron chi connectivity index (χ2n) is 2.42. The number of hydrogen-bond acceptors (Lipinski definition) is 1. The van der Waals surface area contributed by atoms with Crippen molar-refractivity contribution in [1.82, 2.24) is 0 Å². The maximum absolute atomic E-state index is 12.7. The van der Waals surface area contributed by atoms with Crippen molar-refractivity contribution in [3.05, 3.63) is 41.8 Å². The number of hydrogen-bond donors (Lipinski definition) is 0. The molecule has 0 saturated carbocycles. The highest BCUT2D eigenvalue weighted by atomic mass is 19.1. The van der Waals surface area contributed by atoms with Crippen LogP contribution < -0.4 is 0 Å². The van der Waals surface area contributed by atoms with Crippen LogP contribution in [0.1, 0.15) is 11.1 Å². The summed E-state index contributed by atoms with van der Waals surface area (Å²) in [7, 11) is 1.54. The van der Waals surface area contributed by atoms with Crippen molar-refractivity contribution < 1.29 is 9.13 Å². The highest BCUT2D eigenvalue weighted by Gasteiger charge is 1.96. The fourth-order valence-corrected chi connectivity index (χ4v) is 0.969. The molecule has 0 heterocycles. The van der Waals surface area contributed by atoms with Crippen molar-refractivity contribution in [2.75, 3.05) is 7.11 Å². The van der Waals surface area contributed by atoms with Crippen LogP contribution in [0.3, 0.4) is 0 Å². The van der Waals surface area contributed by atoms with Crippen LogP contribution in [0.4, 0.5) is 4.39 Å². The number of aryl methyl sites for hydroxylation is 1. The maximum atomic E-state index is 12.7. The monoisotopic (exact) mass is 153 g/mol. The second kappa shape index (κ2) is 3.49. The van der Waals surface area contributed by atoms with Crippen molar-refractivity contribution >= 4 is 0 Å². The maximum Gasteiger partial charge on any atom is 0.123 e. The molecule has 1 rings (SSSR count). The Bertz CT molecular complexity index is 225. The SMILES string of the molecule is CO[CH]c1cc(C)cc(F)c1. The van der Waals surface area contributed by atoms with Gasteiger partial charge in [0.25, 0.3) is 0 Å². The normalized spacial score (nSPS) is 10.1. The summed E-state index contributed by atoms with van der Waals surface area (Å²) in [4.78, 5) is 0. The Morgan fingerprint density at radius 1 is 1.36 bits per heavy atom. The van der Waals surface area contributed by atoms with Crippen molar-refractivity contribution in [2.24, 2.45) is 0 Å². The molecule has 11 heavy (non-hydrogen) atoms. The summed E-state index contributed by atoms with van der Waals surface area (Å²) in [6.45, 7) is 3.35. The molecule has 1 aromatic carbocycles.